The third kappa shape index (κ3) is 4.25. The number of likely N-dealkylation sites (tertiary alicyclic amines) is 2. The minimum absolute atomic E-state index is 0.123. The molecule has 2 saturated heterocycles. The molecule has 1 saturated carbocycles. The summed E-state index contributed by atoms with van der Waals surface area (Å²) in [5.41, 5.74) is -0.555. The first-order valence-corrected chi connectivity index (χ1v) is 9.33. The monoisotopic (exact) mass is 351 g/mol. The highest BCUT2D eigenvalue weighted by Crippen LogP contribution is 2.31. The van der Waals surface area contributed by atoms with Gasteiger partial charge in [-0.1, -0.05) is 12.8 Å². The summed E-state index contributed by atoms with van der Waals surface area (Å²) in [7, 11) is 0. The van der Waals surface area contributed by atoms with Crippen LogP contribution in [-0.4, -0.2) is 59.1 Å². The van der Waals surface area contributed by atoms with Crippen LogP contribution in [0.15, 0.2) is 0 Å². The first kappa shape index (κ1) is 18.0. The Morgan fingerprint density at radius 2 is 1.80 bits per heavy atom. The van der Waals surface area contributed by atoms with E-state index in [1.807, 2.05) is 20.8 Å². The number of nitrogens with one attached hydrogen (secondary N) is 1. The first-order valence-electron chi connectivity index (χ1n) is 9.33. The molecule has 0 unspecified atom stereocenters. The van der Waals surface area contributed by atoms with Gasteiger partial charge in [-0.2, -0.15) is 0 Å². The Balaban J connectivity index is 1.60. The minimum Gasteiger partial charge on any atom is -0.444 e. The van der Waals surface area contributed by atoms with Gasteiger partial charge in [0.1, 0.15) is 5.60 Å². The van der Waals surface area contributed by atoms with Gasteiger partial charge in [0.05, 0.1) is 5.92 Å². The van der Waals surface area contributed by atoms with Crippen LogP contribution >= 0.6 is 0 Å². The molecule has 0 spiro atoms. The lowest BCUT2D eigenvalue weighted by molar-refractivity contribution is -0.140. The first-order chi connectivity index (χ1) is 11.7. The summed E-state index contributed by atoms with van der Waals surface area (Å²) in [5, 5.41) is 2.99. The van der Waals surface area contributed by atoms with Crippen molar-refractivity contribution < 1.29 is 19.1 Å². The molecule has 2 atom stereocenters. The van der Waals surface area contributed by atoms with Crippen molar-refractivity contribution >= 4 is 18.0 Å². The second kappa shape index (κ2) is 6.84. The lowest BCUT2D eigenvalue weighted by Crippen LogP contribution is -2.60. The average molecular weight is 351 g/mol. The zero-order valence-electron chi connectivity index (χ0n) is 15.4. The summed E-state index contributed by atoms with van der Waals surface area (Å²) in [6.45, 7) is 6.73. The van der Waals surface area contributed by atoms with Gasteiger partial charge >= 0.3 is 12.1 Å². The number of hydrogen-bond acceptors (Lipinski definition) is 4. The third-order valence-electron chi connectivity index (χ3n) is 5.17. The molecule has 2 bridgehead atoms. The lowest BCUT2D eigenvalue weighted by Gasteiger charge is -2.44. The van der Waals surface area contributed by atoms with Crippen molar-refractivity contribution in [3.63, 3.8) is 0 Å². The van der Waals surface area contributed by atoms with E-state index < -0.39 is 5.60 Å². The molecule has 2 heterocycles. The number of urea groups is 1. The van der Waals surface area contributed by atoms with Crippen molar-refractivity contribution in [1.82, 2.24) is 15.1 Å². The van der Waals surface area contributed by atoms with Crippen LogP contribution in [0, 0.1) is 11.8 Å². The zero-order valence-corrected chi connectivity index (χ0v) is 15.4. The van der Waals surface area contributed by atoms with Gasteiger partial charge in [-0.15, -0.1) is 0 Å². The Bertz CT molecular complexity index is 551. The molecule has 25 heavy (non-hydrogen) atoms. The van der Waals surface area contributed by atoms with Crippen LogP contribution in [0.1, 0.15) is 52.9 Å². The summed E-state index contributed by atoms with van der Waals surface area (Å²) in [6, 6.07) is -0.0716. The topological polar surface area (TPSA) is 79.0 Å². The maximum absolute atomic E-state index is 12.7. The van der Waals surface area contributed by atoms with E-state index in [1.165, 1.54) is 4.90 Å². The van der Waals surface area contributed by atoms with Crippen LogP contribution in [0.5, 0.6) is 0 Å². The van der Waals surface area contributed by atoms with Gasteiger partial charge in [0, 0.05) is 25.7 Å². The summed E-state index contributed by atoms with van der Waals surface area (Å²) in [5.74, 6) is -0.354. The van der Waals surface area contributed by atoms with Crippen LogP contribution in [0.3, 0.4) is 0 Å². The number of rotatable bonds is 1. The fraction of sp³-hybridized carbons (Fsp3) is 0.833. The number of nitrogens with zero attached hydrogens (tertiary/aromatic N) is 2. The number of carbonyl (C=O) groups excluding carboxylic acids is 3. The second-order valence-electron chi connectivity index (χ2n) is 8.56. The summed E-state index contributed by atoms with van der Waals surface area (Å²) < 4.78 is 5.42. The molecule has 1 aliphatic carbocycles. The van der Waals surface area contributed by atoms with Gasteiger partial charge in [-0.25, -0.2) is 9.59 Å². The van der Waals surface area contributed by atoms with Crippen molar-refractivity contribution in [3.8, 4) is 0 Å². The Hall–Kier alpha value is -1.79. The Morgan fingerprint density at radius 3 is 2.44 bits per heavy atom. The van der Waals surface area contributed by atoms with E-state index in [4.69, 9.17) is 4.74 Å². The van der Waals surface area contributed by atoms with Gasteiger partial charge < -0.3 is 15.0 Å². The fourth-order valence-corrected chi connectivity index (χ4v) is 4.06. The highest BCUT2D eigenvalue weighted by atomic mass is 16.6. The van der Waals surface area contributed by atoms with E-state index in [1.54, 1.807) is 4.90 Å². The number of piperidine rings is 2. The molecule has 1 N–H and O–H groups in total. The third-order valence-corrected chi connectivity index (χ3v) is 5.17. The minimum atomic E-state index is -0.555. The van der Waals surface area contributed by atoms with Crippen LogP contribution in [0.25, 0.3) is 0 Å². The number of amides is 4. The molecule has 7 nitrogen and oxygen atoms in total. The van der Waals surface area contributed by atoms with Crippen molar-refractivity contribution in [2.24, 2.45) is 11.8 Å². The molecule has 3 rings (SSSR count). The van der Waals surface area contributed by atoms with Gasteiger partial charge in [0.15, 0.2) is 0 Å². The Morgan fingerprint density at radius 1 is 1.12 bits per heavy atom. The maximum Gasteiger partial charge on any atom is 0.410 e. The van der Waals surface area contributed by atoms with Crippen molar-refractivity contribution in [1.29, 1.82) is 0 Å². The molecule has 3 fully saturated rings. The summed E-state index contributed by atoms with van der Waals surface area (Å²) in [6.07, 6.45) is 4.62. The molecule has 0 aromatic rings. The number of fused-ring (bicyclic) bond motifs is 2. The molecule has 0 radical (unpaired) electrons. The van der Waals surface area contributed by atoms with E-state index in [0.29, 0.717) is 19.6 Å². The molecular formula is C18H29N3O4. The normalized spacial score (nSPS) is 27.4. The smallest absolute Gasteiger partial charge is 0.410 e. The number of carbonyl (C=O) groups is 3. The molecular weight excluding hydrogens is 322 g/mol. The highest BCUT2D eigenvalue weighted by Gasteiger charge is 2.44. The van der Waals surface area contributed by atoms with Gasteiger partial charge in [-0.05, 0) is 46.0 Å². The SMILES string of the molecule is CC(C)(C)OC(=O)N1C[C@H]2C[C@H](C1)C(=O)N(C(=O)NC1CCCC1)C2. The number of imide groups is 1. The van der Waals surface area contributed by atoms with Crippen molar-refractivity contribution in [2.45, 2.75) is 64.5 Å². The number of ether oxygens (including phenoxy) is 1. The standard InChI is InChI=1S/C18H29N3O4/c1-18(2,3)25-17(24)20-9-12-8-13(11-20)15(22)21(10-12)16(23)19-14-6-4-5-7-14/h12-14H,4-11H2,1-3H3,(H,19,23)/t12-,13-/m1/s1. The average Bonchev–Trinajstić information content (AvgIpc) is 3.02. The Labute approximate surface area is 149 Å². The van der Waals surface area contributed by atoms with Crippen LogP contribution < -0.4 is 5.32 Å². The van der Waals surface area contributed by atoms with Gasteiger partial charge in [0.25, 0.3) is 0 Å². The fourth-order valence-electron chi connectivity index (χ4n) is 4.06. The highest BCUT2D eigenvalue weighted by molar-refractivity contribution is 5.96. The molecule has 2 aliphatic heterocycles. The van der Waals surface area contributed by atoms with E-state index in [-0.39, 0.29) is 35.9 Å². The molecule has 3 aliphatic rings. The molecule has 4 amide bonds. The summed E-state index contributed by atoms with van der Waals surface area (Å²) >= 11 is 0. The quantitative estimate of drug-likeness (QED) is 0.786. The predicted octanol–water partition coefficient (Wildman–Crippen LogP) is 2.35. The molecule has 0 aromatic carbocycles. The largest absolute Gasteiger partial charge is 0.444 e. The van der Waals surface area contributed by atoms with Crippen molar-refractivity contribution in [2.75, 3.05) is 19.6 Å². The van der Waals surface area contributed by atoms with E-state index in [2.05, 4.69) is 5.32 Å². The van der Waals surface area contributed by atoms with Gasteiger partial charge in [-0.3, -0.25) is 9.69 Å². The van der Waals surface area contributed by atoms with E-state index >= 15 is 0 Å². The maximum atomic E-state index is 12.7. The number of hydrogen-bond donors (Lipinski definition) is 1. The predicted molar refractivity (Wildman–Crippen MR) is 91.9 cm³/mol. The second-order valence-corrected chi connectivity index (χ2v) is 8.56. The van der Waals surface area contributed by atoms with E-state index in [9.17, 15) is 14.4 Å². The van der Waals surface area contributed by atoms with Crippen LogP contribution in [0.2, 0.25) is 0 Å². The van der Waals surface area contributed by atoms with Crippen LogP contribution in [-0.2, 0) is 9.53 Å². The zero-order chi connectivity index (χ0) is 18.2. The summed E-state index contributed by atoms with van der Waals surface area (Å²) in [4.78, 5) is 40.5. The van der Waals surface area contributed by atoms with Crippen LogP contribution in [0.4, 0.5) is 9.59 Å². The lowest BCUT2D eigenvalue weighted by atomic mass is 9.84. The molecule has 7 heteroatoms. The molecule has 140 valence electrons. The molecule has 0 aromatic heterocycles. The van der Waals surface area contributed by atoms with E-state index in [0.717, 1.165) is 32.1 Å². The van der Waals surface area contributed by atoms with Crippen molar-refractivity contribution in [3.05, 3.63) is 0 Å². The van der Waals surface area contributed by atoms with Gasteiger partial charge in [0.2, 0.25) is 5.91 Å². The Kier molecular flexibility index (Phi) is 4.93.